The van der Waals surface area contributed by atoms with Gasteiger partial charge in [0.05, 0.1) is 52.4 Å². The first-order valence-corrected chi connectivity index (χ1v) is 19.6. The fourth-order valence-electron chi connectivity index (χ4n) is 3.37. The van der Waals surface area contributed by atoms with E-state index in [0.717, 1.165) is 6.28 Å². The van der Waals surface area contributed by atoms with Gasteiger partial charge in [0, 0.05) is 33.0 Å². The topological polar surface area (TPSA) is 0 Å². The van der Waals surface area contributed by atoms with Crippen molar-refractivity contribution in [2.24, 2.45) is 0 Å². The van der Waals surface area contributed by atoms with Crippen LogP contribution < -0.4 is 0 Å². The summed E-state index contributed by atoms with van der Waals surface area (Å²) in [6.07, 6.45) is 1.43. The maximum absolute atomic E-state index is 4.78. The molecule has 0 radical (unpaired) electrons. The molecule has 1 saturated heterocycles. The first-order chi connectivity index (χ1) is 16.8. The van der Waals surface area contributed by atoms with Crippen molar-refractivity contribution in [2.45, 2.75) is 61.8 Å². The summed E-state index contributed by atoms with van der Waals surface area (Å²) in [7, 11) is 3.98. The van der Waals surface area contributed by atoms with Crippen LogP contribution >= 0.6 is 91.4 Å². The van der Waals surface area contributed by atoms with Gasteiger partial charge in [0.25, 0.3) is 0 Å². The molecule has 2 nitrogen and oxygen atoms in total. The van der Waals surface area contributed by atoms with E-state index >= 15 is 0 Å². The Morgan fingerprint density at radius 1 is 0.528 bits per heavy atom. The van der Waals surface area contributed by atoms with Gasteiger partial charge in [-0.15, -0.1) is 45.3 Å². The van der Waals surface area contributed by atoms with Crippen molar-refractivity contribution in [2.75, 3.05) is 63.9 Å². The van der Waals surface area contributed by atoms with Gasteiger partial charge in [0.1, 0.15) is 6.28 Å². The van der Waals surface area contributed by atoms with Crippen molar-refractivity contribution < 1.29 is 28.4 Å². The molecule has 1 fully saturated rings. The second-order valence-corrected chi connectivity index (χ2v) is 16.5. The predicted octanol–water partition coefficient (Wildman–Crippen LogP) is 10.6. The minimum atomic E-state index is 0. The maximum atomic E-state index is 4.78. The molecule has 3 heterocycles. The zero-order valence-corrected chi connectivity index (χ0v) is 33.5. The molecule has 3 rings (SSSR count). The third-order valence-electron chi connectivity index (χ3n) is 6.67. The van der Waals surface area contributed by atoms with Crippen molar-refractivity contribution in [3.05, 3.63) is 27.8 Å². The van der Waals surface area contributed by atoms with Crippen LogP contribution in [0.5, 0.6) is 0 Å². The van der Waals surface area contributed by atoms with Crippen molar-refractivity contribution >= 4 is 91.4 Å². The van der Waals surface area contributed by atoms with E-state index in [1.165, 1.54) is 79.3 Å². The van der Waals surface area contributed by atoms with E-state index in [2.05, 4.69) is 55.4 Å². The summed E-state index contributed by atoms with van der Waals surface area (Å²) >= 11 is 16.0. The molecular weight excluding hydrogens is 650 g/mol. The normalized spacial score (nSPS) is 12.2. The van der Waals surface area contributed by atoms with Crippen molar-refractivity contribution in [3.8, 4) is 0 Å². The van der Waals surface area contributed by atoms with E-state index in [0.29, 0.717) is 0 Å². The Bertz CT molecular complexity index is 639. The molecule has 0 N–H and O–H groups in total. The van der Waals surface area contributed by atoms with Gasteiger partial charge in [-0.2, -0.15) is 0 Å². The van der Waals surface area contributed by atoms with Crippen molar-refractivity contribution in [3.63, 3.8) is 0 Å². The Morgan fingerprint density at radius 3 is 0.806 bits per heavy atom. The van der Waals surface area contributed by atoms with Gasteiger partial charge in [-0.3, -0.25) is 0 Å². The van der Waals surface area contributed by atoms with Crippen molar-refractivity contribution in [1.82, 2.24) is 0 Å². The molecule has 0 spiro atoms. The van der Waals surface area contributed by atoms with Crippen LogP contribution in [-0.4, -0.2) is 72.8 Å². The van der Waals surface area contributed by atoms with Crippen LogP contribution in [0.2, 0.25) is 0 Å². The Morgan fingerprint density at radius 2 is 0.750 bits per heavy atom. The fraction of sp³-hybridized carbons (Fsp3) is 0.760. The smallest absolute Gasteiger partial charge is 0.325 e. The van der Waals surface area contributed by atoms with Gasteiger partial charge in [0.15, 0.2) is 0 Å². The van der Waals surface area contributed by atoms with E-state index in [4.69, 9.17) is 24.4 Å². The first kappa shape index (κ1) is 42.3. The Balaban J connectivity index is -0.000000381. The molecular formula is C25H50N2S8Zn+4. The first-order valence-electron chi connectivity index (χ1n) is 12.8. The van der Waals surface area contributed by atoms with Crippen LogP contribution in [0.15, 0.2) is 21.5 Å². The van der Waals surface area contributed by atoms with E-state index in [1.807, 2.05) is 43.1 Å². The summed E-state index contributed by atoms with van der Waals surface area (Å²) in [6, 6.07) is 0. The Hall–Kier alpha value is 1.78. The average molecular weight is 701 g/mol. The molecule has 0 bridgehead atoms. The van der Waals surface area contributed by atoms with E-state index in [1.54, 1.807) is 45.3 Å². The fourth-order valence-corrected chi connectivity index (χ4v) is 8.83. The molecule has 0 atom stereocenters. The molecule has 1 aliphatic rings. The summed E-state index contributed by atoms with van der Waals surface area (Å²) in [6.45, 7) is 28.4. The number of nitrogens with zero attached hydrogens (tertiary/aromatic N) is 2. The number of hydrogen-bond acceptors (Lipinski definition) is 8. The number of rotatable bonds is 8. The van der Waals surface area contributed by atoms with E-state index in [9.17, 15) is 0 Å². The number of quaternary nitrogens is 2. The Kier molecular flexibility index (Phi) is 33.2. The zero-order valence-electron chi connectivity index (χ0n) is 24.0. The van der Waals surface area contributed by atoms with Crippen LogP contribution in [0, 0.1) is 6.28 Å². The minimum absolute atomic E-state index is 0. The summed E-state index contributed by atoms with van der Waals surface area (Å²) in [4.78, 5) is 0. The van der Waals surface area contributed by atoms with Crippen LogP contribution in [0.25, 0.3) is 0 Å². The SMILES string of the molecule is C1CSSC1.CC[N+](CC)(CC)CC.CC[N+](CC)(CC)CC.S=c1sccs1.S=c1sccs1.[Zn+2]. The van der Waals surface area contributed by atoms with Crippen molar-refractivity contribution in [1.29, 1.82) is 0 Å². The Labute approximate surface area is 270 Å². The largest absolute Gasteiger partial charge is 2.00 e. The van der Waals surface area contributed by atoms with Crippen LogP contribution in [0.3, 0.4) is 0 Å². The zero-order chi connectivity index (χ0) is 27.0. The molecule has 2 aromatic rings. The van der Waals surface area contributed by atoms with Gasteiger partial charge in [-0.05, 0) is 61.8 Å². The summed E-state index contributed by atoms with van der Waals surface area (Å²) in [5.41, 5.74) is 0. The monoisotopic (exact) mass is 698 g/mol. The third-order valence-corrected chi connectivity index (χ3v) is 13.8. The summed E-state index contributed by atoms with van der Waals surface area (Å²) < 4.78 is 4.57. The minimum Gasteiger partial charge on any atom is -0.325 e. The van der Waals surface area contributed by atoms with Gasteiger partial charge >= 0.3 is 19.5 Å². The molecule has 0 aliphatic carbocycles. The summed E-state index contributed by atoms with van der Waals surface area (Å²) in [5.74, 6) is 2.76. The maximum Gasteiger partial charge on any atom is 2.00 e. The standard InChI is InChI=1S/2C8H20N.2C3H2S3.C3H6S2.Zn/c2*1-5-9(6-2,7-3)8-4;2*4-3-5-1-2-6-3;1-2-4-5-3-1;/h2*5-8H2,1-4H3;2*1-2H;1-3H2;/q2*+1;;;;+2. The molecule has 0 amide bonds. The molecule has 2 aromatic heterocycles. The summed E-state index contributed by atoms with van der Waals surface area (Å²) in [5, 5.41) is 7.97. The molecule has 0 saturated carbocycles. The van der Waals surface area contributed by atoms with Gasteiger partial charge in [-0.25, -0.2) is 0 Å². The molecule has 11 heteroatoms. The van der Waals surface area contributed by atoms with E-state index in [-0.39, 0.29) is 19.5 Å². The second-order valence-electron chi connectivity index (χ2n) is 7.73. The van der Waals surface area contributed by atoms with Gasteiger partial charge in [-0.1, -0.05) is 46.0 Å². The molecule has 0 unspecified atom stereocenters. The average Bonchev–Trinajstić information content (AvgIpc) is 3.71. The third kappa shape index (κ3) is 21.6. The van der Waals surface area contributed by atoms with Crippen LogP contribution in [0.1, 0.15) is 61.8 Å². The van der Waals surface area contributed by atoms with Gasteiger partial charge < -0.3 is 8.97 Å². The number of hydrogen-bond donors (Lipinski definition) is 0. The van der Waals surface area contributed by atoms with Gasteiger partial charge in [0.2, 0.25) is 0 Å². The molecule has 206 valence electrons. The van der Waals surface area contributed by atoms with Crippen LogP contribution in [0.4, 0.5) is 0 Å². The predicted molar refractivity (Wildman–Crippen MR) is 180 cm³/mol. The second kappa shape index (κ2) is 28.3. The quantitative estimate of drug-likeness (QED) is 0.116. The van der Waals surface area contributed by atoms with Crippen LogP contribution in [-0.2, 0) is 19.5 Å². The molecule has 0 aromatic carbocycles. The molecule has 36 heavy (non-hydrogen) atoms. The molecule has 1 aliphatic heterocycles. The van der Waals surface area contributed by atoms with E-state index < -0.39 is 0 Å².